The Hall–Kier alpha value is -8.22. The van der Waals surface area contributed by atoms with E-state index in [1.165, 1.54) is 50.4 Å². The lowest BCUT2D eigenvalue weighted by Crippen LogP contribution is -2.38. The van der Waals surface area contributed by atoms with E-state index < -0.39 is 0 Å². The summed E-state index contributed by atoms with van der Waals surface area (Å²) >= 11 is 0. The molecule has 298 valence electrons. The third-order valence-corrected chi connectivity index (χ3v) is 13.0. The Kier molecular flexibility index (Phi) is 8.00. The summed E-state index contributed by atoms with van der Waals surface area (Å²) in [4.78, 5) is 13.2. The number of aliphatic imine (C=N–C) groups is 2. The summed E-state index contributed by atoms with van der Waals surface area (Å²) in [6, 6.07) is 70.9. The van der Waals surface area contributed by atoms with Crippen LogP contribution in [0.1, 0.15) is 40.0 Å². The molecule has 0 amide bonds. The van der Waals surface area contributed by atoms with Gasteiger partial charge in [-0.15, -0.1) is 0 Å². The number of para-hydroxylation sites is 3. The minimum absolute atomic E-state index is 0.183. The fourth-order valence-electron chi connectivity index (χ4n) is 10.0. The van der Waals surface area contributed by atoms with E-state index in [0.717, 1.165) is 62.1 Å². The number of nitrogens with zero attached hydrogens (tertiary/aromatic N) is 4. The maximum Gasteiger partial charge on any atom is 0.211 e. The molecule has 0 saturated heterocycles. The number of fused-ring (bicyclic) bond motifs is 9. The number of benzene rings is 8. The first kappa shape index (κ1) is 35.5. The van der Waals surface area contributed by atoms with Crippen LogP contribution in [0.25, 0.3) is 61.2 Å². The average molecular weight is 810 g/mol. The van der Waals surface area contributed by atoms with Crippen LogP contribution in [-0.4, -0.2) is 16.4 Å². The topological polar surface area (TPSA) is 58.1 Å². The van der Waals surface area contributed by atoms with Gasteiger partial charge in [-0.05, 0) is 94.1 Å². The summed E-state index contributed by atoms with van der Waals surface area (Å²) in [5.41, 5.74) is 16.9. The zero-order valence-electron chi connectivity index (χ0n) is 34.2. The molecule has 10 aromatic rings. The summed E-state index contributed by atoms with van der Waals surface area (Å²) in [6.45, 7) is 0. The van der Waals surface area contributed by atoms with Crippen molar-refractivity contribution in [3.63, 3.8) is 0 Å². The fraction of sp³-hybridized carbons (Fsp3) is 0.0526. The number of amidine groups is 1. The van der Waals surface area contributed by atoms with Crippen molar-refractivity contribution in [3.8, 4) is 22.3 Å². The molecular formula is C57H39N5O. The molecule has 13 rings (SSSR count). The predicted octanol–water partition coefficient (Wildman–Crippen LogP) is 13.7. The van der Waals surface area contributed by atoms with E-state index in [1.54, 1.807) is 0 Å². The molecule has 2 aromatic heterocycles. The van der Waals surface area contributed by atoms with Crippen LogP contribution in [0.4, 0.5) is 11.4 Å². The predicted molar refractivity (Wildman–Crippen MR) is 258 cm³/mol. The molecule has 1 aliphatic carbocycles. The van der Waals surface area contributed by atoms with Gasteiger partial charge in [0, 0.05) is 62.4 Å². The molecule has 63 heavy (non-hydrogen) atoms. The van der Waals surface area contributed by atoms with E-state index in [1.807, 2.05) is 6.07 Å². The third-order valence-electron chi connectivity index (χ3n) is 13.0. The van der Waals surface area contributed by atoms with E-state index in [4.69, 9.17) is 14.4 Å². The van der Waals surface area contributed by atoms with Gasteiger partial charge in [-0.1, -0.05) is 146 Å². The Morgan fingerprint density at radius 2 is 1.17 bits per heavy atom. The Bertz CT molecular complexity index is 3530. The SMILES string of the molecule is C1=C2C(Cc3c1c1ccccc1n3C1=NC(c3ccc4c(c3)oc3cc(-c5cccc(-c6ccccc6)c5)ccc34)=NC(c3ccccc3)N1)c1ccccc1N2c1ccccc1. The number of furan rings is 1. The minimum atomic E-state index is -0.360. The first-order valence-corrected chi connectivity index (χ1v) is 21.6. The van der Waals surface area contributed by atoms with Crippen molar-refractivity contribution in [2.24, 2.45) is 9.98 Å². The number of rotatable bonds is 5. The van der Waals surface area contributed by atoms with Gasteiger partial charge in [0.15, 0.2) is 5.84 Å². The molecule has 0 radical (unpaired) electrons. The van der Waals surface area contributed by atoms with Gasteiger partial charge < -0.3 is 14.6 Å². The smallest absolute Gasteiger partial charge is 0.211 e. The largest absolute Gasteiger partial charge is 0.456 e. The molecule has 0 saturated carbocycles. The highest BCUT2D eigenvalue weighted by atomic mass is 16.3. The molecule has 3 aliphatic rings. The Labute approximate surface area is 364 Å². The minimum Gasteiger partial charge on any atom is -0.456 e. The monoisotopic (exact) mass is 809 g/mol. The highest BCUT2D eigenvalue weighted by molar-refractivity contribution is 6.14. The first-order valence-electron chi connectivity index (χ1n) is 21.6. The van der Waals surface area contributed by atoms with E-state index in [-0.39, 0.29) is 12.1 Å². The first-order chi connectivity index (χ1) is 31.2. The van der Waals surface area contributed by atoms with Crippen LogP contribution in [0.3, 0.4) is 0 Å². The lowest BCUT2D eigenvalue weighted by atomic mass is 9.87. The van der Waals surface area contributed by atoms with Gasteiger partial charge in [0.1, 0.15) is 17.3 Å². The van der Waals surface area contributed by atoms with E-state index in [0.29, 0.717) is 5.84 Å². The highest BCUT2D eigenvalue weighted by Gasteiger charge is 2.39. The summed E-state index contributed by atoms with van der Waals surface area (Å²) in [6.07, 6.45) is 2.88. The van der Waals surface area contributed by atoms with Crippen LogP contribution >= 0.6 is 0 Å². The van der Waals surface area contributed by atoms with Crippen LogP contribution in [0.15, 0.2) is 220 Å². The maximum atomic E-state index is 6.68. The van der Waals surface area contributed by atoms with E-state index in [9.17, 15) is 0 Å². The quantitative estimate of drug-likeness (QED) is 0.188. The number of hydrogen-bond donors (Lipinski definition) is 1. The van der Waals surface area contributed by atoms with Crippen LogP contribution in [0.5, 0.6) is 0 Å². The van der Waals surface area contributed by atoms with Crippen molar-refractivity contribution in [1.29, 1.82) is 0 Å². The van der Waals surface area contributed by atoms with Gasteiger partial charge in [-0.2, -0.15) is 4.99 Å². The normalized spacial score (nSPS) is 16.6. The van der Waals surface area contributed by atoms with Gasteiger partial charge in [0.2, 0.25) is 5.96 Å². The number of aromatic nitrogens is 1. The number of hydrogen-bond acceptors (Lipinski definition) is 5. The van der Waals surface area contributed by atoms with Crippen molar-refractivity contribution in [3.05, 3.63) is 234 Å². The van der Waals surface area contributed by atoms with Gasteiger partial charge in [-0.3, -0.25) is 4.57 Å². The van der Waals surface area contributed by atoms with E-state index in [2.05, 4.69) is 215 Å². The second-order valence-corrected chi connectivity index (χ2v) is 16.6. The summed E-state index contributed by atoms with van der Waals surface area (Å²) in [7, 11) is 0. The molecule has 0 fully saturated rings. The molecule has 2 aliphatic heterocycles. The number of allylic oxidation sites excluding steroid dienone is 1. The van der Waals surface area contributed by atoms with Crippen molar-refractivity contribution in [1.82, 2.24) is 9.88 Å². The second kappa shape index (κ2) is 14.2. The second-order valence-electron chi connectivity index (χ2n) is 16.6. The van der Waals surface area contributed by atoms with Crippen LogP contribution in [0.2, 0.25) is 0 Å². The zero-order chi connectivity index (χ0) is 41.4. The molecule has 0 bridgehead atoms. The van der Waals surface area contributed by atoms with E-state index >= 15 is 0 Å². The number of anilines is 2. The van der Waals surface area contributed by atoms with Crippen LogP contribution in [0, 0.1) is 0 Å². The van der Waals surface area contributed by atoms with Crippen molar-refractivity contribution < 1.29 is 4.42 Å². The Balaban J connectivity index is 0.929. The lowest BCUT2D eigenvalue weighted by molar-refractivity contribution is 0.652. The molecule has 4 heterocycles. The van der Waals surface area contributed by atoms with Gasteiger partial charge in [0.05, 0.1) is 5.52 Å². The average Bonchev–Trinajstić information content (AvgIpc) is 4.00. The molecule has 2 unspecified atom stereocenters. The molecule has 6 heteroatoms. The zero-order valence-corrected chi connectivity index (χ0v) is 34.2. The van der Waals surface area contributed by atoms with Gasteiger partial charge >= 0.3 is 0 Å². The van der Waals surface area contributed by atoms with Crippen molar-refractivity contribution in [2.45, 2.75) is 18.5 Å². The fourth-order valence-corrected chi connectivity index (χ4v) is 10.0. The van der Waals surface area contributed by atoms with Gasteiger partial charge in [0.25, 0.3) is 0 Å². The molecule has 1 N–H and O–H groups in total. The Morgan fingerprint density at radius 1 is 0.540 bits per heavy atom. The molecular weight excluding hydrogens is 771 g/mol. The summed E-state index contributed by atoms with van der Waals surface area (Å²) < 4.78 is 9.03. The van der Waals surface area contributed by atoms with Crippen molar-refractivity contribution in [2.75, 3.05) is 4.90 Å². The molecule has 8 aromatic carbocycles. The molecule has 6 nitrogen and oxygen atoms in total. The number of nitrogens with one attached hydrogen (secondary N) is 1. The third kappa shape index (κ3) is 5.79. The lowest BCUT2D eigenvalue weighted by Gasteiger charge is -2.28. The standard InChI is InChI=1S/C57H39N5O/c1-4-15-36(16-5-1)38-19-14-20-39(31-38)40-27-29-45-46-30-28-41(33-54(46)63-53(45)32-40)56-58-55(37-17-6-2-7-18-37)59-57(60-56)62-50-26-13-11-24-44(50)48-34-51-47(35-52(48)62)43-23-10-12-25-49(43)61(51)42-21-8-3-9-22-42/h1-34,47,55H,35H2,(H,58,59,60). The highest BCUT2D eigenvalue weighted by Crippen LogP contribution is 2.53. The Morgan fingerprint density at radius 3 is 1.98 bits per heavy atom. The van der Waals surface area contributed by atoms with Crippen molar-refractivity contribution >= 4 is 62.1 Å². The summed E-state index contributed by atoms with van der Waals surface area (Å²) in [5.74, 6) is 1.59. The maximum absolute atomic E-state index is 6.68. The molecule has 2 atom stereocenters. The molecule has 0 spiro atoms. The van der Waals surface area contributed by atoms with Gasteiger partial charge in [-0.25, -0.2) is 4.99 Å². The summed E-state index contributed by atoms with van der Waals surface area (Å²) in [5, 5.41) is 7.13. The van der Waals surface area contributed by atoms with Crippen LogP contribution < -0.4 is 10.2 Å². The van der Waals surface area contributed by atoms with Crippen LogP contribution in [-0.2, 0) is 6.42 Å².